The average Bonchev–Trinajstić information content (AvgIpc) is 2.86. The van der Waals surface area contributed by atoms with Gasteiger partial charge >= 0.3 is 6.18 Å². The van der Waals surface area contributed by atoms with Crippen LogP contribution in [0.3, 0.4) is 0 Å². The predicted octanol–water partition coefficient (Wildman–Crippen LogP) is 5.59. The van der Waals surface area contributed by atoms with Crippen molar-refractivity contribution in [1.29, 1.82) is 0 Å². The molecule has 2 aromatic heterocycles. The number of carbonyl (C=O) groups is 2. The Hall–Kier alpha value is -4.87. The molecule has 37 heavy (non-hydrogen) atoms. The van der Waals surface area contributed by atoms with Crippen molar-refractivity contribution in [3.05, 3.63) is 101 Å². The molecule has 0 atom stereocenters. The van der Waals surface area contributed by atoms with Gasteiger partial charge in [-0.3, -0.25) is 9.59 Å². The van der Waals surface area contributed by atoms with Crippen molar-refractivity contribution in [2.75, 3.05) is 16.0 Å². The van der Waals surface area contributed by atoms with E-state index in [1.807, 2.05) is 19.1 Å². The number of hydrogen-bond donors (Lipinski definition) is 3. The number of aryl methyl sites for hydroxylation is 1. The Balaban J connectivity index is 1.69. The highest BCUT2D eigenvalue weighted by Gasteiger charge is 2.32. The van der Waals surface area contributed by atoms with Crippen LogP contribution in [0, 0.1) is 12.7 Å². The molecule has 0 unspecified atom stereocenters. The van der Waals surface area contributed by atoms with E-state index in [-0.39, 0.29) is 22.9 Å². The van der Waals surface area contributed by atoms with E-state index in [1.54, 1.807) is 12.1 Å². The number of aromatic nitrogens is 3. The second-order valence-electron chi connectivity index (χ2n) is 7.79. The fourth-order valence-corrected chi connectivity index (χ4v) is 3.26. The average molecular weight is 510 g/mol. The summed E-state index contributed by atoms with van der Waals surface area (Å²) in [6.07, 6.45) is -0.940. The third-order valence-corrected chi connectivity index (χ3v) is 5.11. The molecule has 2 heterocycles. The van der Waals surface area contributed by atoms with Crippen molar-refractivity contribution < 1.29 is 27.2 Å². The van der Waals surface area contributed by atoms with Crippen LogP contribution < -0.4 is 16.0 Å². The first-order chi connectivity index (χ1) is 17.6. The third-order valence-electron chi connectivity index (χ3n) is 5.11. The van der Waals surface area contributed by atoms with Crippen molar-refractivity contribution in [3.8, 4) is 0 Å². The fraction of sp³-hybridized carbons (Fsp3) is 0.0800. The number of rotatable bonds is 6. The van der Waals surface area contributed by atoms with E-state index in [0.29, 0.717) is 23.9 Å². The maximum absolute atomic E-state index is 13.9. The van der Waals surface area contributed by atoms with E-state index in [9.17, 15) is 27.2 Å². The first-order valence-corrected chi connectivity index (χ1v) is 10.7. The molecule has 8 nitrogen and oxygen atoms in total. The summed E-state index contributed by atoms with van der Waals surface area (Å²) in [5, 5.41) is 8.00. The zero-order chi connectivity index (χ0) is 26.6. The number of amides is 2. The molecule has 0 aliphatic carbocycles. The van der Waals surface area contributed by atoms with Gasteiger partial charge in [-0.1, -0.05) is 18.2 Å². The molecule has 3 N–H and O–H groups in total. The molecule has 0 saturated carbocycles. The van der Waals surface area contributed by atoms with E-state index in [2.05, 4.69) is 30.9 Å². The van der Waals surface area contributed by atoms with Gasteiger partial charge in [0.05, 0.1) is 16.8 Å². The minimum absolute atomic E-state index is 0.0134. The van der Waals surface area contributed by atoms with Crippen LogP contribution in [0.4, 0.5) is 40.6 Å². The third kappa shape index (κ3) is 6.23. The molecule has 0 aliphatic rings. The number of nitrogens with zero attached hydrogens (tertiary/aromatic N) is 3. The standard InChI is InChI=1S/C25H18F4N6O2/c1-14-4-2-3-5-19(14)33-22-20(10-16(12-31-22)24(37)35-21-6-7-30-13-32-21)34-23(36)15-8-17(25(27,28)29)11-18(26)9-15/h2-13H,1H3,(H,31,33)(H,34,36)(H,30,32,35,37). The first-order valence-electron chi connectivity index (χ1n) is 10.7. The summed E-state index contributed by atoms with van der Waals surface area (Å²) in [4.78, 5) is 37.5. The highest BCUT2D eigenvalue weighted by Crippen LogP contribution is 2.31. The summed E-state index contributed by atoms with van der Waals surface area (Å²) in [5.74, 6) is -2.56. The Labute approximate surface area is 207 Å². The van der Waals surface area contributed by atoms with Crippen LogP contribution in [0.15, 0.2) is 73.3 Å². The van der Waals surface area contributed by atoms with Crippen molar-refractivity contribution >= 4 is 34.8 Å². The van der Waals surface area contributed by atoms with Gasteiger partial charge in [-0.05, 0) is 48.9 Å². The Kier molecular flexibility index (Phi) is 7.09. The number of halogens is 4. The summed E-state index contributed by atoms with van der Waals surface area (Å²) >= 11 is 0. The molecule has 2 aromatic carbocycles. The van der Waals surface area contributed by atoms with Gasteiger partial charge in [0.1, 0.15) is 18.0 Å². The van der Waals surface area contributed by atoms with Crippen LogP contribution in [0.2, 0.25) is 0 Å². The Bertz CT molecular complexity index is 1460. The lowest BCUT2D eigenvalue weighted by Gasteiger charge is -2.15. The molecule has 0 aliphatic heterocycles. The zero-order valence-corrected chi connectivity index (χ0v) is 19.1. The van der Waals surface area contributed by atoms with Crippen LogP contribution in [-0.4, -0.2) is 26.8 Å². The highest BCUT2D eigenvalue weighted by atomic mass is 19.4. The Morgan fingerprint density at radius 2 is 1.62 bits per heavy atom. The summed E-state index contributed by atoms with van der Waals surface area (Å²) < 4.78 is 53.3. The van der Waals surface area contributed by atoms with Gasteiger partial charge in [0.25, 0.3) is 11.8 Å². The molecule has 188 valence electrons. The molecule has 4 aromatic rings. The molecule has 0 spiro atoms. The lowest BCUT2D eigenvalue weighted by atomic mass is 10.1. The quantitative estimate of drug-likeness (QED) is 0.292. The molecule has 4 rings (SSSR count). The molecule has 0 bridgehead atoms. The number of carbonyl (C=O) groups excluding carboxylic acids is 2. The number of hydrogen-bond acceptors (Lipinski definition) is 6. The molecule has 0 radical (unpaired) electrons. The van der Waals surface area contributed by atoms with E-state index < -0.39 is 34.9 Å². The van der Waals surface area contributed by atoms with E-state index in [1.165, 1.54) is 30.9 Å². The van der Waals surface area contributed by atoms with Crippen LogP contribution in [0.25, 0.3) is 0 Å². The number of para-hydroxylation sites is 1. The maximum atomic E-state index is 13.9. The van der Waals surface area contributed by atoms with E-state index in [4.69, 9.17) is 0 Å². The van der Waals surface area contributed by atoms with Gasteiger partial charge in [-0.2, -0.15) is 13.2 Å². The first kappa shape index (κ1) is 25.2. The molecule has 0 saturated heterocycles. The number of nitrogens with one attached hydrogen (secondary N) is 3. The van der Waals surface area contributed by atoms with Crippen molar-refractivity contribution in [2.24, 2.45) is 0 Å². The highest BCUT2D eigenvalue weighted by molar-refractivity contribution is 6.08. The van der Waals surface area contributed by atoms with Crippen LogP contribution >= 0.6 is 0 Å². The number of pyridine rings is 1. The largest absolute Gasteiger partial charge is 0.416 e. The summed E-state index contributed by atoms with van der Waals surface area (Å²) in [5.41, 5.74) is -0.418. The zero-order valence-electron chi connectivity index (χ0n) is 19.1. The van der Waals surface area contributed by atoms with Gasteiger partial charge in [0.15, 0.2) is 5.82 Å². The normalized spacial score (nSPS) is 11.1. The Morgan fingerprint density at radius 1 is 0.865 bits per heavy atom. The van der Waals surface area contributed by atoms with Gasteiger partial charge in [-0.25, -0.2) is 19.3 Å². The smallest absolute Gasteiger partial charge is 0.338 e. The van der Waals surface area contributed by atoms with Crippen molar-refractivity contribution in [3.63, 3.8) is 0 Å². The van der Waals surface area contributed by atoms with Gasteiger partial charge in [-0.15, -0.1) is 0 Å². The predicted molar refractivity (Wildman–Crippen MR) is 128 cm³/mol. The second kappa shape index (κ2) is 10.4. The van der Waals surface area contributed by atoms with E-state index >= 15 is 0 Å². The fourth-order valence-electron chi connectivity index (χ4n) is 3.26. The molecule has 12 heteroatoms. The number of benzene rings is 2. The molecular weight excluding hydrogens is 492 g/mol. The van der Waals surface area contributed by atoms with Crippen molar-refractivity contribution in [1.82, 2.24) is 15.0 Å². The summed E-state index contributed by atoms with van der Waals surface area (Å²) in [6.45, 7) is 1.83. The van der Waals surface area contributed by atoms with Gasteiger partial charge in [0, 0.05) is 23.6 Å². The monoisotopic (exact) mass is 510 g/mol. The topological polar surface area (TPSA) is 109 Å². The second-order valence-corrected chi connectivity index (χ2v) is 7.79. The summed E-state index contributed by atoms with van der Waals surface area (Å²) in [6, 6.07) is 11.4. The summed E-state index contributed by atoms with van der Waals surface area (Å²) in [7, 11) is 0. The molecule has 2 amide bonds. The maximum Gasteiger partial charge on any atom is 0.416 e. The SMILES string of the molecule is Cc1ccccc1Nc1ncc(C(=O)Nc2ccncn2)cc1NC(=O)c1cc(F)cc(C(F)(F)F)c1. The molecule has 0 fully saturated rings. The lowest BCUT2D eigenvalue weighted by molar-refractivity contribution is -0.137. The number of alkyl halides is 3. The lowest BCUT2D eigenvalue weighted by Crippen LogP contribution is -2.18. The van der Waals surface area contributed by atoms with Crippen LogP contribution in [0.5, 0.6) is 0 Å². The minimum atomic E-state index is -4.85. The van der Waals surface area contributed by atoms with Gasteiger partial charge in [0.2, 0.25) is 0 Å². The minimum Gasteiger partial charge on any atom is -0.338 e. The molecular formula is C25H18F4N6O2. The van der Waals surface area contributed by atoms with Crippen molar-refractivity contribution in [2.45, 2.75) is 13.1 Å². The van der Waals surface area contributed by atoms with E-state index in [0.717, 1.165) is 5.56 Å². The number of anilines is 4. The van der Waals surface area contributed by atoms with Crippen LogP contribution in [-0.2, 0) is 6.18 Å². The van der Waals surface area contributed by atoms with Crippen LogP contribution in [0.1, 0.15) is 31.8 Å². The van der Waals surface area contributed by atoms with Gasteiger partial charge < -0.3 is 16.0 Å². The Morgan fingerprint density at radius 3 is 2.32 bits per heavy atom.